The van der Waals surface area contributed by atoms with Gasteiger partial charge in [-0.05, 0) is 18.2 Å². The van der Waals surface area contributed by atoms with Crippen molar-refractivity contribution < 1.29 is 8.91 Å². The van der Waals surface area contributed by atoms with Crippen LogP contribution in [-0.4, -0.2) is 11.2 Å². The molecule has 96 valence electrons. The molecule has 2 aromatic rings. The minimum atomic E-state index is -0.443. The first-order valence-electron chi connectivity index (χ1n) is 5.70. The van der Waals surface area contributed by atoms with Gasteiger partial charge in [0.25, 0.3) is 0 Å². The number of rotatable bonds is 4. The molecule has 0 saturated carbocycles. The largest absolute Gasteiger partial charge is 0.356 e. The third kappa shape index (κ3) is 2.89. The standard InChI is InChI=1S/C13H14ClFN2O/c1-8(2)16-6-10-7-17-18-13(10)9-3-4-12(15)11(14)5-9/h3-5,7-8,16H,6H2,1-2H3. The van der Waals surface area contributed by atoms with Crippen LogP contribution in [0.4, 0.5) is 4.39 Å². The molecule has 0 spiro atoms. The quantitative estimate of drug-likeness (QED) is 0.920. The van der Waals surface area contributed by atoms with Crippen molar-refractivity contribution in [3.05, 3.63) is 40.8 Å². The van der Waals surface area contributed by atoms with Gasteiger partial charge in [-0.15, -0.1) is 0 Å². The number of aromatic nitrogens is 1. The normalized spacial score (nSPS) is 11.2. The minimum Gasteiger partial charge on any atom is -0.356 e. The van der Waals surface area contributed by atoms with E-state index in [1.165, 1.54) is 12.1 Å². The van der Waals surface area contributed by atoms with Crippen molar-refractivity contribution in [1.29, 1.82) is 0 Å². The summed E-state index contributed by atoms with van der Waals surface area (Å²) in [5.74, 6) is 0.173. The lowest BCUT2D eigenvalue weighted by Gasteiger charge is -2.07. The van der Waals surface area contributed by atoms with Gasteiger partial charge in [0.2, 0.25) is 0 Å². The Morgan fingerprint density at radius 2 is 2.22 bits per heavy atom. The fraction of sp³-hybridized carbons (Fsp3) is 0.308. The maximum Gasteiger partial charge on any atom is 0.171 e. The maximum atomic E-state index is 13.1. The molecule has 18 heavy (non-hydrogen) atoms. The summed E-state index contributed by atoms with van der Waals surface area (Å²) in [6, 6.07) is 4.85. The molecule has 0 aliphatic heterocycles. The number of nitrogens with one attached hydrogen (secondary N) is 1. The molecule has 0 atom stereocenters. The predicted molar refractivity (Wildman–Crippen MR) is 68.9 cm³/mol. The molecule has 0 radical (unpaired) electrons. The molecule has 0 aliphatic rings. The molecule has 0 aliphatic carbocycles. The molecule has 2 rings (SSSR count). The van der Waals surface area contributed by atoms with Crippen LogP contribution in [-0.2, 0) is 6.54 Å². The van der Waals surface area contributed by atoms with Gasteiger partial charge in [-0.2, -0.15) is 0 Å². The fourth-order valence-electron chi connectivity index (χ4n) is 1.58. The van der Waals surface area contributed by atoms with Gasteiger partial charge in [0.1, 0.15) is 5.82 Å². The Morgan fingerprint density at radius 1 is 1.44 bits per heavy atom. The first-order valence-corrected chi connectivity index (χ1v) is 6.08. The van der Waals surface area contributed by atoms with Crippen LogP contribution in [0.1, 0.15) is 19.4 Å². The molecule has 1 heterocycles. The topological polar surface area (TPSA) is 38.1 Å². The molecule has 0 fully saturated rings. The molecule has 1 aromatic heterocycles. The zero-order valence-electron chi connectivity index (χ0n) is 10.2. The van der Waals surface area contributed by atoms with Crippen molar-refractivity contribution in [2.45, 2.75) is 26.4 Å². The summed E-state index contributed by atoms with van der Waals surface area (Å²) < 4.78 is 18.3. The fourth-order valence-corrected chi connectivity index (χ4v) is 1.76. The lowest BCUT2D eigenvalue weighted by atomic mass is 10.1. The Balaban J connectivity index is 2.27. The van der Waals surface area contributed by atoms with Gasteiger partial charge in [0.05, 0.1) is 11.2 Å². The Bertz CT molecular complexity index is 540. The Morgan fingerprint density at radius 3 is 2.89 bits per heavy atom. The summed E-state index contributed by atoms with van der Waals surface area (Å²) in [4.78, 5) is 0. The van der Waals surface area contributed by atoms with Crippen LogP contribution in [0.5, 0.6) is 0 Å². The summed E-state index contributed by atoms with van der Waals surface area (Å²) in [5, 5.41) is 7.13. The van der Waals surface area contributed by atoms with E-state index in [0.717, 1.165) is 11.1 Å². The number of hydrogen-bond acceptors (Lipinski definition) is 3. The third-order valence-electron chi connectivity index (χ3n) is 2.53. The average Bonchev–Trinajstić information content (AvgIpc) is 2.78. The maximum absolute atomic E-state index is 13.1. The lowest BCUT2D eigenvalue weighted by Crippen LogP contribution is -2.21. The molecule has 5 heteroatoms. The van der Waals surface area contributed by atoms with Crippen molar-refractivity contribution in [1.82, 2.24) is 10.5 Å². The van der Waals surface area contributed by atoms with Crippen LogP contribution in [0.2, 0.25) is 5.02 Å². The Kier molecular flexibility index (Phi) is 3.99. The van der Waals surface area contributed by atoms with Crippen LogP contribution < -0.4 is 5.32 Å². The van der Waals surface area contributed by atoms with Gasteiger partial charge in [-0.3, -0.25) is 0 Å². The van der Waals surface area contributed by atoms with E-state index in [-0.39, 0.29) is 5.02 Å². The van der Waals surface area contributed by atoms with Crippen molar-refractivity contribution in [2.24, 2.45) is 0 Å². The van der Waals surface area contributed by atoms with Crippen LogP contribution >= 0.6 is 11.6 Å². The average molecular weight is 269 g/mol. The third-order valence-corrected chi connectivity index (χ3v) is 2.82. The summed E-state index contributed by atoms with van der Waals surface area (Å²) in [6.45, 7) is 4.76. The second-order valence-corrected chi connectivity index (χ2v) is 4.75. The molecule has 1 N–H and O–H groups in total. The van der Waals surface area contributed by atoms with Crippen LogP contribution in [0.3, 0.4) is 0 Å². The van der Waals surface area contributed by atoms with Crippen LogP contribution in [0, 0.1) is 5.82 Å². The smallest absolute Gasteiger partial charge is 0.171 e. The van der Waals surface area contributed by atoms with Gasteiger partial charge in [-0.25, -0.2) is 4.39 Å². The van der Waals surface area contributed by atoms with E-state index in [9.17, 15) is 4.39 Å². The molecular formula is C13H14ClFN2O. The van der Waals surface area contributed by atoms with Gasteiger partial charge in [-0.1, -0.05) is 30.6 Å². The van der Waals surface area contributed by atoms with Crippen LogP contribution in [0.15, 0.2) is 28.9 Å². The van der Waals surface area contributed by atoms with Gasteiger partial charge >= 0.3 is 0 Å². The van der Waals surface area contributed by atoms with Crippen LogP contribution in [0.25, 0.3) is 11.3 Å². The van der Waals surface area contributed by atoms with Crippen molar-refractivity contribution >= 4 is 11.6 Å². The lowest BCUT2D eigenvalue weighted by molar-refractivity contribution is 0.431. The molecule has 0 amide bonds. The molecule has 0 saturated heterocycles. The SMILES string of the molecule is CC(C)NCc1cnoc1-c1ccc(F)c(Cl)c1. The second-order valence-electron chi connectivity index (χ2n) is 4.34. The predicted octanol–water partition coefficient (Wildman–Crippen LogP) is 3.63. The summed E-state index contributed by atoms with van der Waals surface area (Å²) >= 11 is 5.76. The molecule has 0 bridgehead atoms. The van der Waals surface area contributed by atoms with E-state index < -0.39 is 5.82 Å². The molecule has 3 nitrogen and oxygen atoms in total. The number of halogens is 2. The highest BCUT2D eigenvalue weighted by Gasteiger charge is 2.12. The van der Waals surface area contributed by atoms with E-state index in [2.05, 4.69) is 24.3 Å². The van der Waals surface area contributed by atoms with E-state index in [1.54, 1.807) is 12.3 Å². The zero-order valence-corrected chi connectivity index (χ0v) is 11.0. The van der Waals surface area contributed by atoms with E-state index in [1.807, 2.05) is 0 Å². The second kappa shape index (κ2) is 5.50. The summed E-state index contributed by atoms with van der Waals surface area (Å²) in [6.07, 6.45) is 1.65. The van der Waals surface area contributed by atoms with Crippen molar-refractivity contribution in [3.8, 4) is 11.3 Å². The Hall–Kier alpha value is -1.39. The zero-order chi connectivity index (χ0) is 13.1. The molecular weight excluding hydrogens is 255 g/mol. The Labute approximate surface area is 110 Å². The van der Waals surface area contributed by atoms with Gasteiger partial charge in [0, 0.05) is 23.7 Å². The summed E-state index contributed by atoms with van der Waals surface area (Å²) in [5.41, 5.74) is 1.64. The summed E-state index contributed by atoms with van der Waals surface area (Å²) in [7, 11) is 0. The van der Waals surface area contributed by atoms with Crippen molar-refractivity contribution in [2.75, 3.05) is 0 Å². The van der Waals surface area contributed by atoms with Gasteiger partial charge in [0.15, 0.2) is 5.76 Å². The van der Waals surface area contributed by atoms with Crippen molar-refractivity contribution in [3.63, 3.8) is 0 Å². The molecule has 0 unspecified atom stereocenters. The highest BCUT2D eigenvalue weighted by Crippen LogP contribution is 2.27. The highest BCUT2D eigenvalue weighted by molar-refractivity contribution is 6.31. The minimum absolute atomic E-state index is 0.0756. The number of hydrogen-bond donors (Lipinski definition) is 1. The monoisotopic (exact) mass is 268 g/mol. The van der Waals surface area contributed by atoms with E-state index >= 15 is 0 Å². The number of nitrogens with zero attached hydrogens (tertiary/aromatic N) is 1. The number of benzene rings is 1. The first kappa shape index (κ1) is 13.1. The van der Waals surface area contributed by atoms with E-state index in [0.29, 0.717) is 18.3 Å². The molecule has 1 aromatic carbocycles. The van der Waals surface area contributed by atoms with E-state index in [4.69, 9.17) is 16.1 Å². The van der Waals surface area contributed by atoms with Gasteiger partial charge < -0.3 is 9.84 Å². The highest BCUT2D eigenvalue weighted by atomic mass is 35.5. The first-order chi connectivity index (χ1) is 8.58.